The summed E-state index contributed by atoms with van der Waals surface area (Å²) in [7, 11) is 0. The molecule has 0 aromatic heterocycles. The number of hydrogen-bond donors (Lipinski definition) is 0. The van der Waals surface area contributed by atoms with Crippen LogP contribution in [0.25, 0.3) is 0 Å². The van der Waals surface area contributed by atoms with Crippen LogP contribution in [0.1, 0.15) is 31.2 Å². The number of anilines is 2. The van der Waals surface area contributed by atoms with Gasteiger partial charge >= 0.3 is 5.97 Å². The maximum Gasteiger partial charge on any atom is 0.316 e. The highest BCUT2D eigenvalue weighted by Gasteiger charge is 2.61. The molecule has 2 saturated heterocycles. The highest BCUT2D eigenvalue weighted by atomic mass is 79.9. The van der Waals surface area contributed by atoms with Crippen molar-refractivity contribution in [2.75, 3.05) is 16.3 Å². The van der Waals surface area contributed by atoms with Crippen molar-refractivity contribution in [2.45, 2.75) is 32.6 Å². The number of amides is 3. The molecule has 0 spiro atoms. The molecule has 8 heteroatoms. The van der Waals surface area contributed by atoms with Gasteiger partial charge in [-0.2, -0.15) is 0 Å². The standard InChI is InChI=1S/C27H25BrN2O5/c1-14-10-20(35-27(34)17-12-22(31)29(13-17)19-6-4-18(28)5-7-19)8-9-21(14)30-25(32)23-15-2-3-16(11-15)24(23)26(30)33/h4-10,15-17,23-24H,2-3,11-13H2,1H3/t15-,16-,17-,23-,24+/m0/s1. The second-order valence-corrected chi connectivity index (χ2v) is 11.1. The number of benzene rings is 2. The van der Waals surface area contributed by atoms with E-state index in [2.05, 4.69) is 15.9 Å². The van der Waals surface area contributed by atoms with Crippen molar-refractivity contribution in [1.29, 1.82) is 0 Å². The van der Waals surface area contributed by atoms with E-state index in [1.54, 1.807) is 23.1 Å². The average Bonchev–Trinajstić information content (AvgIpc) is 3.59. The lowest BCUT2D eigenvalue weighted by Crippen LogP contribution is -2.33. The minimum Gasteiger partial charge on any atom is -0.426 e. The number of hydrogen-bond acceptors (Lipinski definition) is 5. The van der Waals surface area contributed by atoms with Crippen molar-refractivity contribution in [1.82, 2.24) is 0 Å². The molecule has 2 aromatic rings. The Balaban J connectivity index is 1.15. The zero-order valence-electron chi connectivity index (χ0n) is 19.3. The normalized spacial score (nSPS) is 29.3. The number of ether oxygens (including phenoxy) is 1. The summed E-state index contributed by atoms with van der Waals surface area (Å²) in [5.41, 5.74) is 2.00. The monoisotopic (exact) mass is 536 g/mol. The summed E-state index contributed by atoms with van der Waals surface area (Å²) in [6.07, 6.45) is 3.16. The molecule has 7 nitrogen and oxygen atoms in total. The minimum absolute atomic E-state index is 0.0856. The number of carbonyl (C=O) groups excluding carboxylic acids is 4. The summed E-state index contributed by atoms with van der Waals surface area (Å²) in [5, 5.41) is 0. The Kier molecular flexibility index (Phi) is 5.32. The van der Waals surface area contributed by atoms with E-state index >= 15 is 0 Å². The Bertz CT molecular complexity index is 1230. The Hall–Kier alpha value is -3.00. The zero-order valence-corrected chi connectivity index (χ0v) is 20.9. The molecule has 2 aliphatic carbocycles. The van der Waals surface area contributed by atoms with Crippen LogP contribution < -0.4 is 14.5 Å². The van der Waals surface area contributed by atoms with Gasteiger partial charge in [0.15, 0.2) is 0 Å². The van der Waals surface area contributed by atoms with Crippen molar-refractivity contribution in [3.8, 4) is 5.75 Å². The number of esters is 1. The number of halogens is 1. The molecule has 2 aromatic carbocycles. The van der Waals surface area contributed by atoms with Gasteiger partial charge in [0.25, 0.3) is 0 Å². The van der Waals surface area contributed by atoms with Crippen LogP contribution in [0.3, 0.4) is 0 Å². The van der Waals surface area contributed by atoms with Crippen LogP contribution in [-0.4, -0.2) is 30.2 Å². The number of carbonyl (C=O) groups is 4. The largest absolute Gasteiger partial charge is 0.426 e. The number of rotatable bonds is 4. The summed E-state index contributed by atoms with van der Waals surface area (Å²) in [4.78, 5) is 54.6. The van der Waals surface area contributed by atoms with E-state index in [1.165, 1.54) is 4.90 Å². The van der Waals surface area contributed by atoms with E-state index in [0.29, 0.717) is 28.8 Å². The van der Waals surface area contributed by atoms with E-state index < -0.39 is 11.9 Å². The molecule has 2 heterocycles. The van der Waals surface area contributed by atoms with E-state index in [0.717, 1.165) is 29.4 Å². The smallest absolute Gasteiger partial charge is 0.316 e. The van der Waals surface area contributed by atoms with Crippen LogP contribution in [0.2, 0.25) is 0 Å². The van der Waals surface area contributed by atoms with Gasteiger partial charge in [-0.1, -0.05) is 15.9 Å². The fourth-order valence-electron chi connectivity index (χ4n) is 6.52. The van der Waals surface area contributed by atoms with Crippen molar-refractivity contribution < 1.29 is 23.9 Å². The Labute approximate surface area is 211 Å². The Morgan fingerprint density at radius 3 is 2.26 bits per heavy atom. The van der Waals surface area contributed by atoms with Crippen molar-refractivity contribution in [2.24, 2.45) is 29.6 Å². The lowest BCUT2D eigenvalue weighted by atomic mass is 9.81. The number of nitrogens with zero attached hydrogens (tertiary/aromatic N) is 2. The SMILES string of the molecule is Cc1cc(OC(=O)[C@H]2CC(=O)N(c3ccc(Br)cc3)C2)ccc1N1C(=O)[C@@H]2[C@H]3CC[C@@H](C3)[C@@H]2C1=O. The molecule has 6 rings (SSSR count). The van der Waals surface area contributed by atoms with Crippen LogP contribution in [-0.2, 0) is 19.2 Å². The molecule has 4 aliphatic rings. The van der Waals surface area contributed by atoms with Crippen LogP contribution in [0.15, 0.2) is 46.9 Å². The van der Waals surface area contributed by atoms with Crippen LogP contribution in [0, 0.1) is 36.5 Å². The van der Waals surface area contributed by atoms with E-state index in [-0.39, 0.29) is 42.5 Å². The predicted octanol–water partition coefficient (Wildman–Crippen LogP) is 4.25. The van der Waals surface area contributed by atoms with Crippen LogP contribution in [0.4, 0.5) is 11.4 Å². The van der Waals surface area contributed by atoms with Crippen molar-refractivity contribution in [3.05, 3.63) is 52.5 Å². The molecule has 180 valence electrons. The summed E-state index contributed by atoms with van der Waals surface area (Å²) in [5.74, 6) is -0.673. The first-order chi connectivity index (χ1) is 16.8. The Morgan fingerprint density at radius 1 is 0.971 bits per heavy atom. The molecule has 35 heavy (non-hydrogen) atoms. The third-order valence-corrected chi connectivity index (χ3v) is 8.68. The first-order valence-corrected chi connectivity index (χ1v) is 12.9. The van der Waals surface area contributed by atoms with Gasteiger partial charge in [-0.3, -0.25) is 19.2 Å². The summed E-state index contributed by atoms with van der Waals surface area (Å²) in [6.45, 7) is 2.07. The molecule has 2 aliphatic heterocycles. The molecule has 0 unspecified atom stereocenters. The van der Waals surface area contributed by atoms with Gasteiger partial charge in [-0.15, -0.1) is 0 Å². The van der Waals surface area contributed by atoms with Crippen molar-refractivity contribution >= 4 is 51.0 Å². The third kappa shape index (κ3) is 3.61. The fraction of sp³-hybridized carbons (Fsp3) is 0.407. The average molecular weight is 537 g/mol. The minimum atomic E-state index is -0.567. The molecule has 5 atom stereocenters. The molecule has 3 amide bonds. The first-order valence-electron chi connectivity index (χ1n) is 12.1. The van der Waals surface area contributed by atoms with Crippen LogP contribution >= 0.6 is 15.9 Å². The molecule has 4 fully saturated rings. The quantitative estimate of drug-likeness (QED) is 0.331. The van der Waals surface area contributed by atoms with Gasteiger partial charge in [0.05, 0.1) is 23.4 Å². The second-order valence-electron chi connectivity index (χ2n) is 10.1. The van der Waals surface area contributed by atoms with Gasteiger partial charge in [0, 0.05) is 23.1 Å². The first kappa shape index (κ1) is 22.5. The molecule has 0 radical (unpaired) electrons. The molecular weight excluding hydrogens is 512 g/mol. The summed E-state index contributed by atoms with van der Waals surface area (Å²) in [6, 6.07) is 12.4. The third-order valence-electron chi connectivity index (χ3n) is 8.15. The van der Waals surface area contributed by atoms with Crippen molar-refractivity contribution in [3.63, 3.8) is 0 Å². The van der Waals surface area contributed by atoms with Gasteiger partial charge in [-0.25, -0.2) is 4.90 Å². The fourth-order valence-corrected chi connectivity index (χ4v) is 6.79. The highest BCUT2D eigenvalue weighted by molar-refractivity contribution is 9.10. The highest BCUT2D eigenvalue weighted by Crippen LogP contribution is 2.56. The van der Waals surface area contributed by atoms with Gasteiger partial charge < -0.3 is 9.64 Å². The lowest BCUT2D eigenvalue weighted by Gasteiger charge is -2.20. The number of fused-ring (bicyclic) bond motifs is 5. The zero-order chi connectivity index (χ0) is 24.4. The maximum absolute atomic E-state index is 13.2. The molecule has 2 saturated carbocycles. The summed E-state index contributed by atoms with van der Waals surface area (Å²) < 4.78 is 6.52. The lowest BCUT2D eigenvalue weighted by molar-refractivity contribution is -0.139. The van der Waals surface area contributed by atoms with E-state index in [4.69, 9.17) is 4.74 Å². The second kappa shape index (κ2) is 8.29. The van der Waals surface area contributed by atoms with E-state index in [1.807, 2.05) is 31.2 Å². The van der Waals surface area contributed by atoms with Gasteiger partial charge in [0.1, 0.15) is 5.75 Å². The topological polar surface area (TPSA) is 84.0 Å². The van der Waals surface area contributed by atoms with Crippen LogP contribution in [0.5, 0.6) is 5.75 Å². The van der Waals surface area contributed by atoms with Gasteiger partial charge in [-0.05, 0) is 86.1 Å². The maximum atomic E-state index is 13.2. The molecule has 2 bridgehead atoms. The molecular formula is C27H25BrN2O5. The predicted molar refractivity (Wildman–Crippen MR) is 132 cm³/mol. The van der Waals surface area contributed by atoms with E-state index in [9.17, 15) is 19.2 Å². The number of imide groups is 1. The summed E-state index contributed by atoms with van der Waals surface area (Å²) >= 11 is 3.38. The Morgan fingerprint density at radius 2 is 1.63 bits per heavy atom. The molecule has 0 N–H and O–H groups in total. The number of aryl methyl sites for hydroxylation is 1. The van der Waals surface area contributed by atoms with Gasteiger partial charge in [0.2, 0.25) is 17.7 Å².